The van der Waals surface area contributed by atoms with Gasteiger partial charge in [-0.2, -0.15) is 0 Å². The lowest BCUT2D eigenvalue weighted by molar-refractivity contribution is 0.625. The van der Waals surface area contributed by atoms with Gasteiger partial charge in [0.15, 0.2) is 0 Å². The van der Waals surface area contributed by atoms with E-state index in [9.17, 15) is 4.39 Å². The first-order valence-corrected chi connectivity index (χ1v) is 6.51. The Labute approximate surface area is 112 Å². The molecule has 1 aliphatic rings. The fourth-order valence-electron chi connectivity index (χ4n) is 2.59. The monoisotopic (exact) mass is 257 g/mol. The molecule has 3 rings (SSSR count). The van der Waals surface area contributed by atoms with Gasteiger partial charge in [0.1, 0.15) is 18.0 Å². The maximum atomic E-state index is 12.9. The number of anilines is 1. The zero-order valence-corrected chi connectivity index (χ0v) is 10.9. The fourth-order valence-corrected chi connectivity index (χ4v) is 2.59. The molecule has 0 saturated carbocycles. The van der Waals surface area contributed by atoms with Gasteiger partial charge in [0.2, 0.25) is 0 Å². The van der Waals surface area contributed by atoms with E-state index in [0.29, 0.717) is 5.92 Å². The Balaban J connectivity index is 1.75. The van der Waals surface area contributed by atoms with Crippen LogP contribution in [0, 0.1) is 12.7 Å². The van der Waals surface area contributed by atoms with Gasteiger partial charge in [0.05, 0.1) is 0 Å². The van der Waals surface area contributed by atoms with Crippen molar-refractivity contribution >= 4 is 5.82 Å². The molecule has 1 atom stereocenters. The van der Waals surface area contributed by atoms with Crippen LogP contribution >= 0.6 is 0 Å². The van der Waals surface area contributed by atoms with E-state index in [1.165, 1.54) is 17.7 Å². The van der Waals surface area contributed by atoms with Gasteiger partial charge in [-0.3, -0.25) is 0 Å². The van der Waals surface area contributed by atoms with Crippen LogP contribution in [0.25, 0.3) is 0 Å². The summed E-state index contributed by atoms with van der Waals surface area (Å²) in [5.41, 5.74) is 2.19. The van der Waals surface area contributed by atoms with Crippen LogP contribution in [-0.2, 0) is 0 Å². The average Bonchev–Trinajstić information content (AvgIpc) is 2.89. The first-order valence-electron chi connectivity index (χ1n) is 6.51. The zero-order valence-electron chi connectivity index (χ0n) is 10.9. The molecule has 0 N–H and O–H groups in total. The molecule has 1 aromatic heterocycles. The highest BCUT2D eigenvalue weighted by Crippen LogP contribution is 2.29. The van der Waals surface area contributed by atoms with E-state index < -0.39 is 0 Å². The fraction of sp³-hybridized carbons (Fsp3) is 0.333. The van der Waals surface area contributed by atoms with Crippen molar-refractivity contribution in [3.05, 3.63) is 53.7 Å². The lowest BCUT2D eigenvalue weighted by Gasteiger charge is -2.17. The summed E-state index contributed by atoms with van der Waals surface area (Å²) >= 11 is 0. The third kappa shape index (κ3) is 2.57. The molecule has 0 bridgehead atoms. The molecule has 19 heavy (non-hydrogen) atoms. The van der Waals surface area contributed by atoms with Crippen molar-refractivity contribution in [2.75, 3.05) is 18.0 Å². The molecule has 0 radical (unpaired) electrons. The minimum atomic E-state index is -0.176. The predicted octanol–water partition coefficient (Wildman–Crippen LogP) is 2.92. The van der Waals surface area contributed by atoms with Gasteiger partial charge in [-0.05, 0) is 31.0 Å². The van der Waals surface area contributed by atoms with Crippen molar-refractivity contribution in [3.8, 4) is 0 Å². The molecule has 1 saturated heterocycles. The Morgan fingerprint density at radius 1 is 1.21 bits per heavy atom. The van der Waals surface area contributed by atoms with E-state index in [4.69, 9.17) is 0 Å². The first kappa shape index (κ1) is 12.1. The summed E-state index contributed by atoms with van der Waals surface area (Å²) in [4.78, 5) is 10.7. The Kier molecular flexibility index (Phi) is 3.15. The molecule has 2 heterocycles. The highest BCUT2D eigenvalue weighted by Gasteiger charge is 2.24. The van der Waals surface area contributed by atoms with Gasteiger partial charge in [-0.25, -0.2) is 14.4 Å². The molecule has 2 aromatic rings. The molecule has 4 heteroatoms. The first-order chi connectivity index (χ1) is 9.22. The molecular weight excluding hydrogens is 241 g/mol. The number of benzene rings is 1. The molecule has 0 aliphatic carbocycles. The number of nitrogens with zero attached hydrogens (tertiary/aromatic N) is 3. The molecule has 0 amide bonds. The van der Waals surface area contributed by atoms with Crippen molar-refractivity contribution < 1.29 is 4.39 Å². The summed E-state index contributed by atoms with van der Waals surface area (Å²) in [5.74, 6) is 1.26. The Hall–Kier alpha value is -1.97. The second-order valence-electron chi connectivity index (χ2n) is 5.00. The zero-order chi connectivity index (χ0) is 13.2. The van der Waals surface area contributed by atoms with Crippen molar-refractivity contribution in [1.29, 1.82) is 0 Å². The van der Waals surface area contributed by atoms with E-state index >= 15 is 0 Å². The van der Waals surface area contributed by atoms with Crippen LogP contribution in [0.2, 0.25) is 0 Å². The molecule has 1 fully saturated rings. The summed E-state index contributed by atoms with van der Waals surface area (Å²) in [6, 6.07) is 8.84. The Morgan fingerprint density at radius 2 is 2.00 bits per heavy atom. The number of rotatable bonds is 2. The van der Waals surface area contributed by atoms with E-state index in [-0.39, 0.29) is 5.82 Å². The smallest absolute Gasteiger partial charge is 0.132 e. The minimum absolute atomic E-state index is 0.176. The van der Waals surface area contributed by atoms with Gasteiger partial charge >= 0.3 is 0 Å². The average molecular weight is 257 g/mol. The molecule has 0 spiro atoms. The maximum Gasteiger partial charge on any atom is 0.132 e. The lowest BCUT2D eigenvalue weighted by Crippen LogP contribution is -2.20. The molecule has 1 aromatic carbocycles. The number of hydrogen-bond acceptors (Lipinski definition) is 3. The molecule has 1 unspecified atom stereocenters. The highest BCUT2D eigenvalue weighted by atomic mass is 19.1. The van der Waals surface area contributed by atoms with E-state index in [1.807, 2.05) is 25.1 Å². The topological polar surface area (TPSA) is 29.0 Å². The van der Waals surface area contributed by atoms with Crippen LogP contribution in [0.1, 0.15) is 23.6 Å². The SMILES string of the molecule is Cc1cc(N2CCC(c3ccc(F)cc3)C2)ncn1. The second-order valence-corrected chi connectivity index (χ2v) is 5.00. The van der Waals surface area contributed by atoms with Crippen molar-refractivity contribution in [2.24, 2.45) is 0 Å². The van der Waals surface area contributed by atoms with Gasteiger partial charge in [0, 0.05) is 30.8 Å². The van der Waals surface area contributed by atoms with Crippen LogP contribution in [0.3, 0.4) is 0 Å². The van der Waals surface area contributed by atoms with Crippen molar-refractivity contribution in [2.45, 2.75) is 19.3 Å². The van der Waals surface area contributed by atoms with Crippen molar-refractivity contribution in [1.82, 2.24) is 9.97 Å². The quantitative estimate of drug-likeness (QED) is 0.828. The third-order valence-corrected chi connectivity index (χ3v) is 3.64. The normalized spacial score (nSPS) is 18.8. The highest BCUT2D eigenvalue weighted by molar-refractivity contribution is 5.41. The molecule has 1 aliphatic heterocycles. The summed E-state index contributed by atoms with van der Waals surface area (Å²) in [7, 11) is 0. The Morgan fingerprint density at radius 3 is 2.74 bits per heavy atom. The number of hydrogen-bond donors (Lipinski definition) is 0. The molecular formula is C15H16FN3. The van der Waals surface area contributed by atoms with E-state index in [2.05, 4.69) is 14.9 Å². The molecule has 3 nitrogen and oxygen atoms in total. The standard InChI is InChI=1S/C15H16FN3/c1-11-8-15(18-10-17-11)19-7-6-13(9-19)12-2-4-14(16)5-3-12/h2-5,8,10,13H,6-7,9H2,1H3. The predicted molar refractivity (Wildman–Crippen MR) is 72.7 cm³/mol. The van der Waals surface area contributed by atoms with Crippen LogP contribution < -0.4 is 4.90 Å². The van der Waals surface area contributed by atoms with Crippen LogP contribution in [-0.4, -0.2) is 23.1 Å². The maximum absolute atomic E-state index is 12.9. The second kappa shape index (κ2) is 4.96. The minimum Gasteiger partial charge on any atom is -0.356 e. The summed E-state index contributed by atoms with van der Waals surface area (Å²) in [6.07, 6.45) is 2.69. The number of aromatic nitrogens is 2. The Bertz CT molecular complexity index is 568. The van der Waals surface area contributed by atoms with Crippen LogP contribution in [0.15, 0.2) is 36.7 Å². The summed E-state index contributed by atoms with van der Waals surface area (Å²) in [6.45, 7) is 3.89. The van der Waals surface area contributed by atoms with E-state index in [1.54, 1.807) is 6.33 Å². The third-order valence-electron chi connectivity index (χ3n) is 3.64. The largest absolute Gasteiger partial charge is 0.356 e. The summed E-state index contributed by atoms with van der Waals surface area (Å²) < 4.78 is 12.9. The van der Waals surface area contributed by atoms with Gasteiger partial charge in [-0.15, -0.1) is 0 Å². The number of aryl methyl sites for hydroxylation is 1. The molecule has 98 valence electrons. The van der Waals surface area contributed by atoms with Gasteiger partial charge in [-0.1, -0.05) is 12.1 Å². The van der Waals surface area contributed by atoms with Gasteiger partial charge in [0.25, 0.3) is 0 Å². The van der Waals surface area contributed by atoms with Crippen LogP contribution in [0.5, 0.6) is 0 Å². The number of halogens is 1. The van der Waals surface area contributed by atoms with Crippen molar-refractivity contribution in [3.63, 3.8) is 0 Å². The lowest BCUT2D eigenvalue weighted by atomic mass is 9.99. The van der Waals surface area contributed by atoms with Crippen LogP contribution in [0.4, 0.5) is 10.2 Å². The summed E-state index contributed by atoms with van der Waals surface area (Å²) in [5, 5.41) is 0. The van der Waals surface area contributed by atoms with E-state index in [0.717, 1.165) is 31.0 Å². The van der Waals surface area contributed by atoms with Gasteiger partial charge < -0.3 is 4.90 Å².